The SMILES string of the molecule is COc1ccc([N+](=O)[O-])cc1NC(=O)[C@H](C)N(c1cccc(F)c1)S(C)(=O)=O. The molecule has 0 saturated heterocycles. The van der Waals surface area contributed by atoms with Crippen molar-refractivity contribution in [2.24, 2.45) is 0 Å². The van der Waals surface area contributed by atoms with Crippen LogP contribution in [0.3, 0.4) is 0 Å². The minimum Gasteiger partial charge on any atom is -0.495 e. The monoisotopic (exact) mass is 411 g/mol. The lowest BCUT2D eigenvalue weighted by molar-refractivity contribution is -0.384. The van der Waals surface area contributed by atoms with E-state index in [1.165, 1.54) is 38.3 Å². The van der Waals surface area contributed by atoms with Crippen LogP contribution < -0.4 is 14.4 Å². The number of sulfonamides is 1. The fraction of sp³-hybridized carbons (Fsp3) is 0.235. The minimum atomic E-state index is -3.94. The molecule has 1 N–H and O–H groups in total. The fourth-order valence-electron chi connectivity index (χ4n) is 2.57. The highest BCUT2D eigenvalue weighted by Crippen LogP contribution is 2.30. The van der Waals surface area contributed by atoms with E-state index in [-0.39, 0.29) is 22.8 Å². The van der Waals surface area contributed by atoms with Gasteiger partial charge in [0.05, 0.1) is 29.7 Å². The molecular weight excluding hydrogens is 393 g/mol. The molecule has 0 aliphatic heterocycles. The fourth-order valence-corrected chi connectivity index (χ4v) is 3.73. The molecule has 0 bridgehead atoms. The van der Waals surface area contributed by atoms with Crippen LogP contribution in [0.4, 0.5) is 21.5 Å². The average Bonchev–Trinajstić information content (AvgIpc) is 2.60. The number of non-ortho nitro benzene ring substituents is 1. The second-order valence-electron chi connectivity index (χ2n) is 5.85. The van der Waals surface area contributed by atoms with Crippen LogP contribution in [0.15, 0.2) is 42.5 Å². The third kappa shape index (κ3) is 4.74. The van der Waals surface area contributed by atoms with E-state index in [2.05, 4.69) is 5.32 Å². The molecule has 150 valence electrons. The zero-order valence-electron chi connectivity index (χ0n) is 15.2. The standard InChI is InChI=1S/C17H18FN3O6S/c1-11(20(28(3,25)26)13-6-4-5-12(18)9-13)17(22)19-15-10-14(21(23)24)7-8-16(15)27-2/h4-11H,1-3H3,(H,19,22)/t11-/m0/s1. The number of carbonyl (C=O) groups is 1. The highest BCUT2D eigenvalue weighted by Gasteiger charge is 2.30. The summed E-state index contributed by atoms with van der Waals surface area (Å²) < 4.78 is 43.8. The summed E-state index contributed by atoms with van der Waals surface area (Å²) >= 11 is 0. The number of benzene rings is 2. The second-order valence-corrected chi connectivity index (χ2v) is 7.71. The summed E-state index contributed by atoms with van der Waals surface area (Å²) in [4.78, 5) is 23.0. The minimum absolute atomic E-state index is 0.00115. The Morgan fingerprint density at radius 1 is 1.29 bits per heavy atom. The van der Waals surface area contributed by atoms with Crippen LogP contribution in [0.1, 0.15) is 6.92 Å². The molecule has 0 fully saturated rings. The molecule has 0 radical (unpaired) electrons. The maximum Gasteiger partial charge on any atom is 0.271 e. The molecule has 0 aliphatic rings. The Hall–Kier alpha value is -3.21. The average molecular weight is 411 g/mol. The van der Waals surface area contributed by atoms with Crippen molar-refractivity contribution in [1.82, 2.24) is 0 Å². The molecule has 11 heteroatoms. The van der Waals surface area contributed by atoms with Crippen LogP contribution in [-0.4, -0.2) is 38.7 Å². The van der Waals surface area contributed by atoms with E-state index in [1.807, 2.05) is 0 Å². The zero-order valence-corrected chi connectivity index (χ0v) is 16.1. The molecule has 0 spiro atoms. The van der Waals surface area contributed by atoms with Gasteiger partial charge in [0.2, 0.25) is 15.9 Å². The number of nitrogens with zero attached hydrogens (tertiary/aromatic N) is 2. The number of nitro benzene ring substituents is 1. The van der Waals surface area contributed by atoms with Gasteiger partial charge in [0.1, 0.15) is 17.6 Å². The normalized spacial score (nSPS) is 12.1. The number of hydrogen-bond donors (Lipinski definition) is 1. The topological polar surface area (TPSA) is 119 Å². The summed E-state index contributed by atoms with van der Waals surface area (Å²) in [6, 6.07) is 7.12. The number of amides is 1. The van der Waals surface area contributed by atoms with Crippen molar-refractivity contribution in [1.29, 1.82) is 0 Å². The van der Waals surface area contributed by atoms with Crippen LogP contribution in [-0.2, 0) is 14.8 Å². The first-order chi connectivity index (χ1) is 13.0. The van der Waals surface area contributed by atoms with E-state index >= 15 is 0 Å². The van der Waals surface area contributed by atoms with Crippen LogP contribution in [0, 0.1) is 15.9 Å². The number of carbonyl (C=O) groups excluding carboxylic acids is 1. The number of halogens is 1. The van der Waals surface area contributed by atoms with Gasteiger partial charge in [-0.25, -0.2) is 12.8 Å². The van der Waals surface area contributed by atoms with Crippen molar-refractivity contribution in [3.05, 3.63) is 58.4 Å². The first-order valence-electron chi connectivity index (χ1n) is 7.93. The predicted molar refractivity (Wildman–Crippen MR) is 101 cm³/mol. The van der Waals surface area contributed by atoms with E-state index in [1.54, 1.807) is 0 Å². The highest BCUT2D eigenvalue weighted by molar-refractivity contribution is 7.92. The summed E-state index contributed by atoms with van der Waals surface area (Å²) in [6.07, 6.45) is 0.885. The number of rotatable bonds is 7. The lowest BCUT2D eigenvalue weighted by Gasteiger charge is -2.28. The predicted octanol–water partition coefficient (Wildman–Crippen LogP) is 2.54. The van der Waals surface area contributed by atoms with E-state index in [0.29, 0.717) is 0 Å². The Bertz CT molecular complexity index is 1010. The van der Waals surface area contributed by atoms with Crippen LogP contribution in [0.2, 0.25) is 0 Å². The molecule has 2 aromatic carbocycles. The van der Waals surface area contributed by atoms with Gasteiger partial charge in [0.25, 0.3) is 5.69 Å². The number of nitrogens with one attached hydrogen (secondary N) is 1. The highest BCUT2D eigenvalue weighted by atomic mass is 32.2. The van der Waals surface area contributed by atoms with Crippen molar-refractivity contribution in [3.63, 3.8) is 0 Å². The largest absolute Gasteiger partial charge is 0.495 e. The number of hydrogen-bond acceptors (Lipinski definition) is 6. The van der Waals surface area contributed by atoms with Gasteiger partial charge in [0.15, 0.2) is 0 Å². The first-order valence-corrected chi connectivity index (χ1v) is 9.77. The summed E-state index contributed by atoms with van der Waals surface area (Å²) in [5.41, 5.74) is -0.314. The quantitative estimate of drug-likeness (QED) is 0.552. The van der Waals surface area contributed by atoms with Gasteiger partial charge >= 0.3 is 0 Å². The Kier molecular flexibility index (Phi) is 6.19. The number of anilines is 2. The summed E-state index contributed by atoms with van der Waals surface area (Å²) in [5, 5.41) is 13.4. The van der Waals surface area contributed by atoms with E-state index in [9.17, 15) is 27.7 Å². The molecule has 2 rings (SSSR count). The van der Waals surface area contributed by atoms with Gasteiger partial charge in [0, 0.05) is 12.1 Å². The maximum absolute atomic E-state index is 13.5. The third-order valence-corrected chi connectivity index (χ3v) is 5.04. The van der Waals surface area contributed by atoms with Crippen LogP contribution >= 0.6 is 0 Å². The van der Waals surface area contributed by atoms with Crippen molar-refractivity contribution >= 4 is 33.0 Å². The Morgan fingerprint density at radius 3 is 2.50 bits per heavy atom. The molecule has 0 aromatic heterocycles. The Morgan fingerprint density at radius 2 is 1.96 bits per heavy atom. The van der Waals surface area contributed by atoms with Gasteiger partial charge in [-0.1, -0.05) is 6.07 Å². The lowest BCUT2D eigenvalue weighted by Crippen LogP contribution is -2.45. The Labute approximate surface area is 160 Å². The third-order valence-electron chi connectivity index (χ3n) is 3.80. The van der Waals surface area contributed by atoms with Gasteiger partial charge in [-0.3, -0.25) is 19.2 Å². The molecule has 0 unspecified atom stereocenters. The maximum atomic E-state index is 13.5. The molecule has 28 heavy (non-hydrogen) atoms. The van der Waals surface area contributed by atoms with E-state index < -0.39 is 32.7 Å². The molecule has 0 heterocycles. The van der Waals surface area contributed by atoms with Gasteiger partial charge < -0.3 is 10.1 Å². The lowest BCUT2D eigenvalue weighted by atomic mass is 10.2. The molecular formula is C17H18FN3O6S. The van der Waals surface area contributed by atoms with Crippen molar-refractivity contribution < 1.29 is 27.3 Å². The molecule has 0 saturated carbocycles. The van der Waals surface area contributed by atoms with E-state index in [4.69, 9.17) is 4.74 Å². The van der Waals surface area contributed by atoms with Gasteiger partial charge in [-0.2, -0.15) is 0 Å². The summed E-state index contributed by atoms with van der Waals surface area (Å²) in [5.74, 6) is -1.30. The summed E-state index contributed by atoms with van der Waals surface area (Å²) in [7, 11) is -2.63. The molecule has 9 nitrogen and oxygen atoms in total. The molecule has 1 atom stereocenters. The number of ether oxygens (including phenoxy) is 1. The van der Waals surface area contributed by atoms with Crippen LogP contribution in [0.5, 0.6) is 5.75 Å². The summed E-state index contributed by atoms with van der Waals surface area (Å²) in [6.45, 7) is 1.31. The Balaban J connectivity index is 2.39. The smallest absolute Gasteiger partial charge is 0.271 e. The van der Waals surface area contributed by atoms with Crippen molar-refractivity contribution in [2.45, 2.75) is 13.0 Å². The number of methoxy groups -OCH3 is 1. The van der Waals surface area contributed by atoms with Crippen molar-refractivity contribution in [2.75, 3.05) is 23.0 Å². The molecule has 2 aromatic rings. The van der Waals surface area contributed by atoms with Crippen LogP contribution in [0.25, 0.3) is 0 Å². The molecule has 1 amide bonds. The van der Waals surface area contributed by atoms with Gasteiger partial charge in [-0.05, 0) is 31.2 Å². The zero-order chi connectivity index (χ0) is 21.1. The second kappa shape index (κ2) is 8.21. The molecule has 0 aliphatic carbocycles. The van der Waals surface area contributed by atoms with E-state index in [0.717, 1.165) is 28.8 Å². The number of nitro groups is 1. The van der Waals surface area contributed by atoms with Crippen molar-refractivity contribution in [3.8, 4) is 5.75 Å². The van der Waals surface area contributed by atoms with Gasteiger partial charge in [-0.15, -0.1) is 0 Å². The first kappa shape index (κ1) is 21.1.